The molecule has 0 spiro atoms. The van der Waals surface area contributed by atoms with Gasteiger partial charge in [0.2, 0.25) is 11.8 Å². The van der Waals surface area contributed by atoms with Crippen LogP contribution in [-0.2, 0) is 9.59 Å². The molecule has 6 nitrogen and oxygen atoms in total. The summed E-state index contributed by atoms with van der Waals surface area (Å²) in [5, 5.41) is 14.0. The van der Waals surface area contributed by atoms with Crippen molar-refractivity contribution in [3.63, 3.8) is 0 Å². The first-order chi connectivity index (χ1) is 8.31. The van der Waals surface area contributed by atoms with Crippen molar-refractivity contribution in [2.45, 2.75) is 20.8 Å². The number of nitrogens with one attached hydrogen (secondary N) is 2. The quantitative estimate of drug-likeness (QED) is 0.759. The molecule has 1 aromatic rings. The van der Waals surface area contributed by atoms with E-state index >= 15 is 0 Å². The van der Waals surface area contributed by atoms with E-state index in [4.69, 9.17) is 5.11 Å². The average molecular weight is 250 g/mol. The van der Waals surface area contributed by atoms with Gasteiger partial charge in [-0.1, -0.05) is 0 Å². The summed E-state index contributed by atoms with van der Waals surface area (Å²) in [6.07, 6.45) is 0. The minimum Gasteiger partial charge on any atom is -0.478 e. The van der Waals surface area contributed by atoms with E-state index in [1.807, 2.05) is 0 Å². The molecule has 0 aliphatic rings. The van der Waals surface area contributed by atoms with E-state index in [1.165, 1.54) is 26.0 Å². The molecule has 0 bridgehead atoms. The van der Waals surface area contributed by atoms with Gasteiger partial charge >= 0.3 is 5.97 Å². The van der Waals surface area contributed by atoms with E-state index in [-0.39, 0.29) is 17.4 Å². The second-order valence-corrected chi connectivity index (χ2v) is 3.86. The molecule has 1 aromatic carbocycles. The van der Waals surface area contributed by atoms with Crippen molar-refractivity contribution in [2.75, 3.05) is 10.6 Å². The molecule has 0 radical (unpaired) electrons. The van der Waals surface area contributed by atoms with Crippen molar-refractivity contribution < 1.29 is 19.5 Å². The minimum absolute atomic E-state index is 0.00639. The van der Waals surface area contributed by atoms with Gasteiger partial charge in [-0.05, 0) is 24.6 Å². The standard InChI is InChI=1S/C12H14N2O4/c1-6-10(13-7(2)15)4-9(12(17)18)5-11(6)14-8(3)16/h4-5H,1-3H3,(H,13,15)(H,14,16)(H,17,18). The first-order valence-corrected chi connectivity index (χ1v) is 5.24. The molecule has 0 unspecified atom stereocenters. The third kappa shape index (κ3) is 3.31. The fourth-order valence-corrected chi connectivity index (χ4v) is 1.48. The monoisotopic (exact) mass is 250 g/mol. The van der Waals surface area contributed by atoms with Crippen LogP contribution in [0.4, 0.5) is 11.4 Å². The van der Waals surface area contributed by atoms with Crippen LogP contribution < -0.4 is 10.6 Å². The van der Waals surface area contributed by atoms with Crippen LogP contribution in [0.15, 0.2) is 12.1 Å². The van der Waals surface area contributed by atoms with Crippen LogP contribution in [0.2, 0.25) is 0 Å². The number of benzene rings is 1. The Bertz CT molecular complexity index is 486. The van der Waals surface area contributed by atoms with E-state index in [0.29, 0.717) is 16.9 Å². The van der Waals surface area contributed by atoms with Crippen LogP contribution in [0.25, 0.3) is 0 Å². The van der Waals surface area contributed by atoms with Crippen molar-refractivity contribution in [3.8, 4) is 0 Å². The molecule has 0 heterocycles. The second-order valence-electron chi connectivity index (χ2n) is 3.86. The SMILES string of the molecule is CC(=O)Nc1cc(C(=O)O)cc(NC(C)=O)c1C. The molecule has 1 rings (SSSR count). The molecule has 0 saturated carbocycles. The lowest BCUT2D eigenvalue weighted by Gasteiger charge is -2.13. The largest absolute Gasteiger partial charge is 0.478 e. The van der Waals surface area contributed by atoms with Gasteiger partial charge in [-0.2, -0.15) is 0 Å². The number of rotatable bonds is 3. The normalized spacial score (nSPS) is 9.72. The Morgan fingerprint density at radius 2 is 1.39 bits per heavy atom. The molecule has 0 atom stereocenters. The van der Waals surface area contributed by atoms with E-state index < -0.39 is 5.97 Å². The Morgan fingerprint density at radius 3 is 1.67 bits per heavy atom. The van der Waals surface area contributed by atoms with Gasteiger partial charge in [0.15, 0.2) is 0 Å². The molecule has 6 heteroatoms. The van der Waals surface area contributed by atoms with Crippen molar-refractivity contribution in [1.29, 1.82) is 0 Å². The van der Waals surface area contributed by atoms with Crippen molar-refractivity contribution in [3.05, 3.63) is 23.3 Å². The third-order valence-corrected chi connectivity index (χ3v) is 2.28. The van der Waals surface area contributed by atoms with Crippen LogP contribution in [0.5, 0.6) is 0 Å². The van der Waals surface area contributed by atoms with Gasteiger partial charge in [0.25, 0.3) is 0 Å². The molecule has 0 aromatic heterocycles. The Labute approximate surface area is 104 Å². The predicted molar refractivity (Wildman–Crippen MR) is 66.7 cm³/mol. The molecule has 2 amide bonds. The highest BCUT2D eigenvalue weighted by Crippen LogP contribution is 2.26. The maximum atomic E-state index is 11.0. The summed E-state index contributed by atoms with van der Waals surface area (Å²) in [5.41, 5.74) is 1.33. The number of aromatic carboxylic acids is 1. The number of hydrogen-bond donors (Lipinski definition) is 3. The molecule has 96 valence electrons. The van der Waals surface area contributed by atoms with Crippen LogP contribution in [-0.4, -0.2) is 22.9 Å². The smallest absolute Gasteiger partial charge is 0.335 e. The molecule has 0 fully saturated rings. The van der Waals surface area contributed by atoms with E-state index in [1.54, 1.807) is 6.92 Å². The van der Waals surface area contributed by atoms with Gasteiger partial charge in [-0.3, -0.25) is 9.59 Å². The molecular formula is C12H14N2O4. The Hall–Kier alpha value is -2.37. The zero-order chi connectivity index (χ0) is 13.9. The number of carboxylic acids is 1. The van der Waals surface area contributed by atoms with Crippen molar-refractivity contribution >= 4 is 29.2 Å². The highest BCUT2D eigenvalue weighted by molar-refractivity contribution is 5.98. The van der Waals surface area contributed by atoms with Gasteiger partial charge < -0.3 is 15.7 Å². The molecular weight excluding hydrogens is 236 g/mol. The zero-order valence-electron chi connectivity index (χ0n) is 10.3. The zero-order valence-corrected chi connectivity index (χ0v) is 10.3. The Kier molecular flexibility index (Phi) is 4.04. The number of hydrogen-bond acceptors (Lipinski definition) is 3. The van der Waals surface area contributed by atoms with Crippen molar-refractivity contribution in [1.82, 2.24) is 0 Å². The predicted octanol–water partition coefficient (Wildman–Crippen LogP) is 1.61. The minimum atomic E-state index is -1.13. The lowest BCUT2D eigenvalue weighted by atomic mass is 10.1. The summed E-state index contributed by atoms with van der Waals surface area (Å²) in [7, 11) is 0. The van der Waals surface area contributed by atoms with E-state index in [2.05, 4.69) is 10.6 Å². The van der Waals surface area contributed by atoms with Crippen LogP contribution in [0, 0.1) is 6.92 Å². The first-order valence-electron chi connectivity index (χ1n) is 5.24. The lowest BCUT2D eigenvalue weighted by Crippen LogP contribution is -2.13. The highest BCUT2D eigenvalue weighted by atomic mass is 16.4. The number of carbonyl (C=O) groups is 3. The van der Waals surface area contributed by atoms with E-state index in [9.17, 15) is 14.4 Å². The third-order valence-electron chi connectivity index (χ3n) is 2.28. The second kappa shape index (κ2) is 5.31. The molecule has 0 aliphatic carbocycles. The van der Waals surface area contributed by atoms with Gasteiger partial charge in [0.05, 0.1) is 5.56 Å². The van der Waals surface area contributed by atoms with Gasteiger partial charge in [-0.15, -0.1) is 0 Å². The summed E-state index contributed by atoms with van der Waals surface area (Å²) >= 11 is 0. The fourth-order valence-electron chi connectivity index (χ4n) is 1.48. The first kappa shape index (κ1) is 13.7. The summed E-state index contributed by atoms with van der Waals surface area (Å²) in [6.45, 7) is 4.33. The average Bonchev–Trinajstić information content (AvgIpc) is 2.22. The summed E-state index contributed by atoms with van der Waals surface area (Å²) in [6, 6.07) is 2.70. The van der Waals surface area contributed by atoms with Gasteiger partial charge in [0.1, 0.15) is 0 Å². The van der Waals surface area contributed by atoms with Gasteiger partial charge in [0, 0.05) is 25.2 Å². The summed E-state index contributed by atoms with van der Waals surface area (Å²) < 4.78 is 0. The molecule has 18 heavy (non-hydrogen) atoms. The fraction of sp³-hybridized carbons (Fsp3) is 0.250. The number of carboxylic acid groups (broad SMARTS) is 1. The Morgan fingerprint density at radius 1 is 1.00 bits per heavy atom. The van der Waals surface area contributed by atoms with E-state index in [0.717, 1.165) is 0 Å². The maximum Gasteiger partial charge on any atom is 0.335 e. The number of anilines is 2. The topological polar surface area (TPSA) is 95.5 Å². The molecule has 0 saturated heterocycles. The lowest BCUT2D eigenvalue weighted by molar-refractivity contribution is -0.115. The molecule has 3 N–H and O–H groups in total. The Balaban J connectivity index is 3.32. The number of amides is 2. The number of carbonyl (C=O) groups excluding carboxylic acids is 2. The van der Waals surface area contributed by atoms with Crippen LogP contribution in [0.1, 0.15) is 29.8 Å². The highest BCUT2D eigenvalue weighted by Gasteiger charge is 2.13. The maximum absolute atomic E-state index is 11.0. The molecule has 0 aliphatic heterocycles. The summed E-state index contributed by atoms with van der Waals surface area (Å²) in [5.74, 6) is -1.75. The van der Waals surface area contributed by atoms with Crippen LogP contribution >= 0.6 is 0 Å². The van der Waals surface area contributed by atoms with Crippen LogP contribution in [0.3, 0.4) is 0 Å². The summed E-state index contributed by atoms with van der Waals surface area (Å²) in [4.78, 5) is 33.0. The van der Waals surface area contributed by atoms with Crippen molar-refractivity contribution in [2.24, 2.45) is 0 Å². The van der Waals surface area contributed by atoms with Gasteiger partial charge in [-0.25, -0.2) is 4.79 Å².